The van der Waals surface area contributed by atoms with E-state index in [4.69, 9.17) is 16.6 Å². The van der Waals surface area contributed by atoms with Crippen molar-refractivity contribution in [2.24, 2.45) is 11.5 Å². The van der Waals surface area contributed by atoms with Crippen molar-refractivity contribution in [2.45, 2.75) is 31.8 Å². The number of aromatic hydroxyl groups is 1. The molecule has 0 spiro atoms. The van der Waals surface area contributed by atoms with Gasteiger partial charge in [-0.25, -0.2) is 4.98 Å². The molecule has 0 saturated heterocycles. The molecule has 0 aliphatic heterocycles. The number of nitrogens with one attached hydrogen (secondary N) is 3. The van der Waals surface area contributed by atoms with E-state index in [2.05, 4.69) is 25.5 Å². The highest BCUT2D eigenvalue weighted by Gasteiger charge is 2.12. The quantitative estimate of drug-likeness (QED) is 0.207. The molecule has 2 aromatic carbocycles. The molecule has 10 heteroatoms. The summed E-state index contributed by atoms with van der Waals surface area (Å²) in [6.07, 6.45) is 3.16. The molecule has 0 aliphatic rings. The molecule has 34 heavy (non-hydrogen) atoms. The number of phenols is 1. The van der Waals surface area contributed by atoms with Crippen LogP contribution in [0.2, 0.25) is 0 Å². The van der Waals surface area contributed by atoms with Crippen molar-refractivity contribution in [1.29, 1.82) is 0 Å². The number of rotatable bonds is 8. The van der Waals surface area contributed by atoms with Gasteiger partial charge in [0.05, 0.1) is 30.1 Å². The Morgan fingerprint density at radius 3 is 2.62 bits per heavy atom. The summed E-state index contributed by atoms with van der Waals surface area (Å²) in [5, 5.41) is 29.3. The van der Waals surface area contributed by atoms with E-state index in [1.54, 1.807) is 18.3 Å². The van der Waals surface area contributed by atoms with Crippen molar-refractivity contribution in [3.63, 3.8) is 0 Å². The number of carbonyl (C=O) groups excluding carboxylic acids is 1. The number of fused-ring (bicyclic) bond motifs is 1. The molecule has 0 saturated carbocycles. The molecule has 1 amide bonds. The van der Waals surface area contributed by atoms with E-state index < -0.39 is 6.04 Å². The van der Waals surface area contributed by atoms with Crippen LogP contribution in [0.1, 0.15) is 30.9 Å². The zero-order valence-corrected chi connectivity index (χ0v) is 19.0. The third kappa shape index (κ3) is 6.19. The summed E-state index contributed by atoms with van der Waals surface area (Å²) in [5.41, 5.74) is 14.7. The average molecular weight is 466 g/mol. The van der Waals surface area contributed by atoms with E-state index in [1.165, 1.54) is 0 Å². The first kappa shape index (κ1) is 24.9. The van der Waals surface area contributed by atoms with Gasteiger partial charge >= 0.3 is 0 Å². The van der Waals surface area contributed by atoms with Gasteiger partial charge in [-0.15, -0.1) is 0 Å². The minimum Gasteiger partial charge on any atom is -0.507 e. The predicted molar refractivity (Wildman–Crippen MR) is 131 cm³/mol. The maximum Gasteiger partial charge on any atom is 0.239 e. The second-order valence-corrected chi connectivity index (χ2v) is 7.76. The molecule has 4 rings (SSSR count). The number of nitrogens with zero attached hydrogens (tertiary/aromatic N) is 2. The van der Waals surface area contributed by atoms with Gasteiger partial charge in [-0.05, 0) is 24.6 Å². The molecule has 180 valence electrons. The number of phenolic OH excluding ortho intramolecular Hbond substituents is 1. The van der Waals surface area contributed by atoms with Crippen molar-refractivity contribution in [3.05, 3.63) is 66.2 Å². The predicted octanol–water partition coefficient (Wildman–Crippen LogP) is 1.73. The molecule has 0 bridgehead atoms. The minimum absolute atomic E-state index is 0.0837. The fourth-order valence-electron chi connectivity index (χ4n) is 3.29. The van der Waals surface area contributed by atoms with Crippen LogP contribution in [-0.2, 0) is 11.2 Å². The number of amides is 1. The van der Waals surface area contributed by atoms with Crippen molar-refractivity contribution in [1.82, 2.24) is 25.5 Å². The van der Waals surface area contributed by atoms with E-state index in [0.717, 1.165) is 40.1 Å². The zero-order valence-electron chi connectivity index (χ0n) is 19.0. The van der Waals surface area contributed by atoms with Gasteiger partial charge in [0.2, 0.25) is 5.91 Å². The summed E-state index contributed by atoms with van der Waals surface area (Å²) < 4.78 is 0. The molecule has 0 unspecified atom stereocenters. The van der Waals surface area contributed by atoms with Gasteiger partial charge in [-0.3, -0.25) is 9.89 Å². The largest absolute Gasteiger partial charge is 0.507 e. The number of nitrogens with two attached hydrogens (primary N) is 2. The summed E-state index contributed by atoms with van der Waals surface area (Å²) in [7, 11) is 0. The monoisotopic (exact) mass is 465 g/mol. The third-order valence-corrected chi connectivity index (χ3v) is 5.33. The van der Waals surface area contributed by atoms with Gasteiger partial charge in [-0.1, -0.05) is 37.3 Å². The number of aliphatic hydroxyl groups excluding tert-OH is 1. The smallest absolute Gasteiger partial charge is 0.239 e. The van der Waals surface area contributed by atoms with Crippen molar-refractivity contribution >= 4 is 16.8 Å². The highest BCUT2D eigenvalue weighted by molar-refractivity contribution is 5.82. The molecular formula is C24H31N7O3. The Balaban J connectivity index is 0.000000192. The first-order chi connectivity index (χ1) is 16.4. The van der Waals surface area contributed by atoms with Gasteiger partial charge in [0.25, 0.3) is 0 Å². The van der Waals surface area contributed by atoms with Gasteiger partial charge in [0.1, 0.15) is 17.6 Å². The van der Waals surface area contributed by atoms with Crippen LogP contribution >= 0.6 is 0 Å². The van der Waals surface area contributed by atoms with Crippen LogP contribution in [0.3, 0.4) is 0 Å². The number of H-pyrrole nitrogens is 2. The topological polar surface area (TPSA) is 179 Å². The standard InChI is InChI=1S/C12H16N4O2.C12H15N3O/c13-9(7-17)12(18)14-6-5-11-8-3-1-2-4-10(8)15-16-11;1-2-9(13)12-14-7-10(15-12)8-5-3-4-6-11(8)16/h1-4,9,17H,5-7,13H2,(H,14,18)(H,15,16);3-7,9,16H,2,13H2,1H3,(H,14,15)/t2*9-/m00/s1. The lowest BCUT2D eigenvalue weighted by Crippen LogP contribution is -2.43. The molecule has 9 N–H and O–H groups in total. The number of carbonyl (C=O) groups is 1. The van der Waals surface area contributed by atoms with Gasteiger partial charge in [0.15, 0.2) is 0 Å². The maximum atomic E-state index is 11.3. The molecule has 0 radical (unpaired) electrons. The second kappa shape index (κ2) is 11.9. The fourth-order valence-corrected chi connectivity index (χ4v) is 3.29. The molecule has 10 nitrogen and oxygen atoms in total. The Morgan fingerprint density at radius 1 is 1.15 bits per heavy atom. The average Bonchev–Trinajstić information content (AvgIpc) is 3.51. The molecule has 4 aromatic rings. The van der Waals surface area contributed by atoms with Gasteiger partial charge in [-0.2, -0.15) is 5.10 Å². The molecule has 2 aromatic heterocycles. The Hall–Kier alpha value is -3.73. The summed E-state index contributed by atoms with van der Waals surface area (Å²) in [6, 6.07) is 14.0. The number of hydrogen-bond acceptors (Lipinski definition) is 7. The third-order valence-electron chi connectivity index (χ3n) is 5.33. The molecular weight excluding hydrogens is 434 g/mol. The lowest BCUT2D eigenvalue weighted by atomic mass is 10.1. The summed E-state index contributed by atoms with van der Waals surface area (Å²) >= 11 is 0. The van der Waals surface area contributed by atoms with Crippen LogP contribution < -0.4 is 16.8 Å². The van der Waals surface area contributed by atoms with E-state index in [0.29, 0.717) is 13.0 Å². The maximum absolute atomic E-state index is 11.3. The van der Waals surface area contributed by atoms with Gasteiger partial charge < -0.3 is 32.0 Å². The van der Waals surface area contributed by atoms with E-state index in [1.807, 2.05) is 43.3 Å². The summed E-state index contributed by atoms with van der Waals surface area (Å²) in [6.45, 7) is 2.12. The van der Waals surface area contributed by atoms with Crippen LogP contribution in [0.25, 0.3) is 22.2 Å². The van der Waals surface area contributed by atoms with Crippen LogP contribution in [0.5, 0.6) is 5.75 Å². The highest BCUT2D eigenvalue weighted by Crippen LogP contribution is 2.27. The molecule has 2 heterocycles. The van der Waals surface area contributed by atoms with Crippen LogP contribution in [0.15, 0.2) is 54.7 Å². The van der Waals surface area contributed by atoms with Crippen LogP contribution in [0.4, 0.5) is 0 Å². The fraction of sp³-hybridized carbons (Fsp3) is 0.292. The van der Waals surface area contributed by atoms with Crippen molar-refractivity contribution in [3.8, 4) is 17.0 Å². The molecule has 2 atom stereocenters. The number of hydrogen-bond donors (Lipinski definition) is 7. The van der Waals surface area contributed by atoms with E-state index in [-0.39, 0.29) is 24.3 Å². The first-order valence-corrected chi connectivity index (χ1v) is 11.1. The van der Waals surface area contributed by atoms with Crippen LogP contribution in [0, 0.1) is 0 Å². The lowest BCUT2D eigenvalue weighted by molar-refractivity contribution is -0.123. The normalized spacial score (nSPS) is 12.6. The number of benzene rings is 2. The van der Waals surface area contributed by atoms with Crippen molar-refractivity contribution < 1.29 is 15.0 Å². The number of imidazole rings is 1. The Labute approximate surface area is 197 Å². The lowest BCUT2D eigenvalue weighted by Gasteiger charge is -2.08. The Kier molecular flexibility index (Phi) is 8.74. The first-order valence-electron chi connectivity index (χ1n) is 11.1. The number of aliphatic hydroxyl groups is 1. The number of para-hydroxylation sites is 2. The van der Waals surface area contributed by atoms with Gasteiger partial charge in [0, 0.05) is 29.6 Å². The number of aromatic nitrogens is 4. The highest BCUT2D eigenvalue weighted by atomic mass is 16.3. The minimum atomic E-state index is -0.858. The Morgan fingerprint density at radius 2 is 1.88 bits per heavy atom. The van der Waals surface area contributed by atoms with E-state index in [9.17, 15) is 9.90 Å². The summed E-state index contributed by atoms with van der Waals surface area (Å²) in [5.74, 6) is 0.643. The molecule has 0 aliphatic carbocycles. The number of aromatic amines is 2. The summed E-state index contributed by atoms with van der Waals surface area (Å²) in [4.78, 5) is 18.7. The Bertz CT molecular complexity index is 1200. The second-order valence-electron chi connectivity index (χ2n) is 7.76. The SMILES string of the molecule is CC[C@H](N)c1ncc(-c2ccccc2O)[nH]1.N[C@@H](CO)C(=O)NCCc1[nH]nc2ccccc12. The zero-order chi connectivity index (χ0) is 24.5. The van der Waals surface area contributed by atoms with Crippen LogP contribution in [-0.4, -0.2) is 55.5 Å². The van der Waals surface area contributed by atoms with Crippen molar-refractivity contribution in [2.75, 3.05) is 13.2 Å². The van der Waals surface area contributed by atoms with E-state index >= 15 is 0 Å². The molecule has 0 fully saturated rings.